The standard InChI is InChI=1S/C14H21ClN2O3S/c1-3-8-14(2,16)13(18)17-9-10-21(19,20)12-6-4-11(15)5-7-12/h4-7H,3,8-10,16H2,1-2H3,(H,17,18). The van der Waals surface area contributed by atoms with E-state index < -0.39 is 15.4 Å². The van der Waals surface area contributed by atoms with Crippen molar-refractivity contribution in [1.82, 2.24) is 5.32 Å². The van der Waals surface area contributed by atoms with Crippen LogP contribution in [0.2, 0.25) is 5.02 Å². The summed E-state index contributed by atoms with van der Waals surface area (Å²) in [7, 11) is -3.44. The van der Waals surface area contributed by atoms with E-state index in [4.69, 9.17) is 17.3 Å². The molecule has 0 aromatic heterocycles. The summed E-state index contributed by atoms with van der Waals surface area (Å²) in [4.78, 5) is 12.1. The third-order valence-corrected chi connectivity index (χ3v) is 5.10. The van der Waals surface area contributed by atoms with E-state index in [0.29, 0.717) is 11.4 Å². The topological polar surface area (TPSA) is 89.3 Å². The minimum Gasteiger partial charge on any atom is -0.353 e. The van der Waals surface area contributed by atoms with Gasteiger partial charge in [-0.15, -0.1) is 0 Å². The number of nitrogens with two attached hydrogens (primary N) is 1. The smallest absolute Gasteiger partial charge is 0.239 e. The lowest BCUT2D eigenvalue weighted by molar-refractivity contribution is -0.125. The monoisotopic (exact) mass is 332 g/mol. The van der Waals surface area contributed by atoms with Gasteiger partial charge < -0.3 is 11.1 Å². The molecule has 0 saturated heterocycles. The van der Waals surface area contributed by atoms with Crippen molar-refractivity contribution in [3.05, 3.63) is 29.3 Å². The van der Waals surface area contributed by atoms with Crippen molar-refractivity contribution in [3.63, 3.8) is 0 Å². The summed E-state index contributed by atoms with van der Waals surface area (Å²) >= 11 is 5.72. The highest BCUT2D eigenvalue weighted by Crippen LogP contribution is 2.15. The molecular formula is C14H21ClN2O3S. The molecule has 0 aliphatic carbocycles. The van der Waals surface area contributed by atoms with Crippen molar-refractivity contribution in [3.8, 4) is 0 Å². The zero-order chi connectivity index (χ0) is 16.1. The maximum Gasteiger partial charge on any atom is 0.239 e. The predicted molar refractivity (Wildman–Crippen MR) is 84.0 cm³/mol. The normalized spacial score (nSPS) is 14.5. The van der Waals surface area contributed by atoms with Crippen LogP contribution in [0.15, 0.2) is 29.2 Å². The molecule has 0 spiro atoms. The molecule has 0 aliphatic heterocycles. The fraction of sp³-hybridized carbons (Fsp3) is 0.500. The van der Waals surface area contributed by atoms with Crippen LogP contribution in [-0.2, 0) is 14.6 Å². The van der Waals surface area contributed by atoms with Gasteiger partial charge in [0, 0.05) is 11.6 Å². The van der Waals surface area contributed by atoms with Gasteiger partial charge in [0.25, 0.3) is 0 Å². The van der Waals surface area contributed by atoms with E-state index in [-0.39, 0.29) is 23.1 Å². The number of rotatable bonds is 7. The number of carbonyl (C=O) groups is 1. The largest absolute Gasteiger partial charge is 0.353 e. The second kappa shape index (κ2) is 7.24. The Balaban J connectivity index is 2.59. The van der Waals surface area contributed by atoms with Gasteiger partial charge in [-0.1, -0.05) is 24.9 Å². The van der Waals surface area contributed by atoms with Crippen LogP contribution in [0.5, 0.6) is 0 Å². The van der Waals surface area contributed by atoms with Gasteiger partial charge in [0.15, 0.2) is 9.84 Å². The van der Waals surface area contributed by atoms with Crippen LogP contribution in [-0.4, -0.2) is 32.2 Å². The molecule has 1 atom stereocenters. The Morgan fingerprint density at radius 2 is 1.90 bits per heavy atom. The highest BCUT2D eigenvalue weighted by Gasteiger charge is 2.27. The van der Waals surface area contributed by atoms with Gasteiger partial charge in [-0.2, -0.15) is 0 Å². The van der Waals surface area contributed by atoms with Crippen LogP contribution in [0, 0.1) is 0 Å². The molecule has 1 rings (SSSR count). The third-order valence-electron chi connectivity index (χ3n) is 3.12. The summed E-state index contributed by atoms with van der Waals surface area (Å²) in [6.45, 7) is 3.60. The Labute approximate surface area is 130 Å². The lowest BCUT2D eigenvalue weighted by Crippen LogP contribution is -2.52. The fourth-order valence-electron chi connectivity index (χ4n) is 1.89. The molecule has 118 valence electrons. The van der Waals surface area contributed by atoms with Crippen LogP contribution >= 0.6 is 11.6 Å². The van der Waals surface area contributed by atoms with Gasteiger partial charge in [0.05, 0.1) is 16.2 Å². The first kappa shape index (κ1) is 17.9. The summed E-state index contributed by atoms with van der Waals surface area (Å²) < 4.78 is 24.1. The maximum absolute atomic E-state index is 12.1. The van der Waals surface area contributed by atoms with Gasteiger partial charge in [-0.25, -0.2) is 8.42 Å². The zero-order valence-corrected chi connectivity index (χ0v) is 13.8. The van der Waals surface area contributed by atoms with Crippen molar-refractivity contribution >= 4 is 27.3 Å². The van der Waals surface area contributed by atoms with E-state index in [0.717, 1.165) is 6.42 Å². The Bertz CT molecular complexity index is 583. The molecule has 0 bridgehead atoms. The second-order valence-corrected chi connectivity index (χ2v) is 7.74. The highest BCUT2D eigenvalue weighted by molar-refractivity contribution is 7.91. The molecular weight excluding hydrogens is 312 g/mol. The first-order valence-corrected chi connectivity index (χ1v) is 8.77. The van der Waals surface area contributed by atoms with Crippen LogP contribution < -0.4 is 11.1 Å². The minimum atomic E-state index is -3.44. The lowest BCUT2D eigenvalue weighted by atomic mass is 9.97. The summed E-state index contributed by atoms with van der Waals surface area (Å²) in [5, 5.41) is 3.05. The molecule has 3 N–H and O–H groups in total. The average molecular weight is 333 g/mol. The number of hydrogen-bond acceptors (Lipinski definition) is 4. The molecule has 1 amide bonds. The molecule has 5 nitrogen and oxygen atoms in total. The fourth-order valence-corrected chi connectivity index (χ4v) is 3.18. The van der Waals surface area contributed by atoms with Crippen LogP contribution in [0.3, 0.4) is 0 Å². The van der Waals surface area contributed by atoms with Crippen molar-refractivity contribution in [2.24, 2.45) is 5.73 Å². The number of benzene rings is 1. The lowest BCUT2D eigenvalue weighted by Gasteiger charge is -2.22. The van der Waals surface area contributed by atoms with Gasteiger partial charge in [0.2, 0.25) is 5.91 Å². The molecule has 0 saturated carbocycles. The number of halogens is 1. The van der Waals surface area contributed by atoms with Crippen LogP contribution in [0.25, 0.3) is 0 Å². The van der Waals surface area contributed by atoms with Gasteiger partial charge in [0.1, 0.15) is 0 Å². The molecule has 7 heteroatoms. The van der Waals surface area contributed by atoms with Crippen molar-refractivity contribution < 1.29 is 13.2 Å². The van der Waals surface area contributed by atoms with E-state index in [1.807, 2.05) is 6.92 Å². The number of nitrogens with one attached hydrogen (secondary N) is 1. The SMILES string of the molecule is CCCC(C)(N)C(=O)NCCS(=O)(=O)c1ccc(Cl)cc1. The van der Waals surface area contributed by atoms with Crippen LogP contribution in [0.4, 0.5) is 0 Å². The van der Waals surface area contributed by atoms with E-state index in [2.05, 4.69) is 5.32 Å². The Hall–Kier alpha value is -1.11. The molecule has 0 heterocycles. The van der Waals surface area contributed by atoms with Gasteiger partial charge in [-0.05, 0) is 37.6 Å². The van der Waals surface area contributed by atoms with Crippen molar-refractivity contribution in [2.45, 2.75) is 37.1 Å². The Morgan fingerprint density at radius 1 is 1.33 bits per heavy atom. The molecule has 21 heavy (non-hydrogen) atoms. The summed E-state index contributed by atoms with van der Waals surface area (Å²) in [6.07, 6.45) is 1.33. The van der Waals surface area contributed by atoms with E-state index in [9.17, 15) is 13.2 Å². The van der Waals surface area contributed by atoms with Gasteiger partial charge >= 0.3 is 0 Å². The number of carbonyl (C=O) groups excluding carboxylic acids is 1. The number of hydrogen-bond donors (Lipinski definition) is 2. The molecule has 1 unspecified atom stereocenters. The molecule has 0 fully saturated rings. The van der Waals surface area contributed by atoms with Crippen molar-refractivity contribution in [2.75, 3.05) is 12.3 Å². The molecule has 1 aromatic rings. The van der Waals surface area contributed by atoms with E-state index in [1.54, 1.807) is 6.92 Å². The maximum atomic E-state index is 12.1. The zero-order valence-electron chi connectivity index (χ0n) is 12.2. The molecule has 0 radical (unpaired) electrons. The average Bonchev–Trinajstić information content (AvgIpc) is 2.38. The van der Waals surface area contributed by atoms with Crippen molar-refractivity contribution in [1.29, 1.82) is 0 Å². The first-order chi connectivity index (χ1) is 9.69. The molecule has 1 aromatic carbocycles. The summed E-state index contributed by atoms with van der Waals surface area (Å²) in [6, 6.07) is 5.93. The highest BCUT2D eigenvalue weighted by atomic mass is 35.5. The molecule has 0 aliphatic rings. The predicted octanol–water partition coefficient (Wildman–Crippen LogP) is 1.75. The quantitative estimate of drug-likeness (QED) is 0.796. The van der Waals surface area contributed by atoms with E-state index in [1.165, 1.54) is 24.3 Å². The minimum absolute atomic E-state index is 0.0281. The number of sulfone groups is 1. The van der Waals surface area contributed by atoms with E-state index >= 15 is 0 Å². The van der Waals surface area contributed by atoms with Crippen LogP contribution in [0.1, 0.15) is 26.7 Å². The first-order valence-electron chi connectivity index (χ1n) is 6.74. The summed E-state index contributed by atoms with van der Waals surface area (Å²) in [5.74, 6) is -0.515. The van der Waals surface area contributed by atoms with Gasteiger partial charge in [-0.3, -0.25) is 4.79 Å². The Morgan fingerprint density at radius 3 is 2.43 bits per heavy atom. The number of amides is 1. The Kier molecular flexibility index (Phi) is 6.19. The third kappa shape index (κ3) is 5.30. The second-order valence-electron chi connectivity index (χ2n) is 5.20. The summed E-state index contributed by atoms with van der Waals surface area (Å²) in [5.41, 5.74) is 4.90.